The fourth-order valence-corrected chi connectivity index (χ4v) is 4.05. The molecule has 0 unspecified atom stereocenters. The molecule has 0 heterocycles. The minimum atomic E-state index is -3.88. The molecule has 0 fully saturated rings. The number of sulfonamides is 1. The molecule has 0 spiro atoms. The summed E-state index contributed by atoms with van der Waals surface area (Å²) in [5.41, 5.74) is 6.54. The van der Waals surface area contributed by atoms with Crippen LogP contribution in [-0.2, 0) is 19.6 Å². The van der Waals surface area contributed by atoms with Gasteiger partial charge in [0.2, 0.25) is 0 Å². The monoisotopic (exact) mass is 484 g/mol. The van der Waals surface area contributed by atoms with Crippen LogP contribution in [0.1, 0.15) is 32.6 Å². The van der Waals surface area contributed by atoms with E-state index in [-0.39, 0.29) is 16.6 Å². The van der Waals surface area contributed by atoms with E-state index in [0.717, 1.165) is 10.9 Å². The van der Waals surface area contributed by atoms with Crippen LogP contribution < -0.4 is 15.2 Å². The molecule has 0 amide bonds. The van der Waals surface area contributed by atoms with Crippen molar-refractivity contribution in [3.8, 4) is 5.75 Å². The maximum Gasteiger partial charge on any atom is 0.305 e. The van der Waals surface area contributed by atoms with Crippen LogP contribution in [0.5, 0.6) is 5.75 Å². The van der Waals surface area contributed by atoms with Crippen LogP contribution in [0.2, 0.25) is 0 Å². The summed E-state index contributed by atoms with van der Waals surface area (Å²) in [6.45, 7) is 2.48. The van der Waals surface area contributed by atoms with Gasteiger partial charge in [-0.15, -0.1) is 0 Å². The van der Waals surface area contributed by atoms with Gasteiger partial charge in [-0.25, -0.2) is 8.42 Å². The minimum absolute atomic E-state index is 0.0213. The first-order valence-corrected chi connectivity index (χ1v) is 11.6. The number of esters is 1. The highest BCUT2D eigenvalue weighted by atomic mass is 79.9. The second-order valence-corrected chi connectivity index (χ2v) is 8.85. The Labute approximate surface area is 179 Å². The van der Waals surface area contributed by atoms with Gasteiger partial charge in [0.25, 0.3) is 10.0 Å². The number of nitrogens with one attached hydrogen (secondary N) is 1. The molecular weight excluding hydrogens is 460 g/mol. The van der Waals surface area contributed by atoms with Crippen LogP contribution in [0.4, 0.5) is 11.4 Å². The van der Waals surface area contributed by atoms with Gasteiger partial charge in [-0.3, -0.25) is 9.52 Å². The summed E-state index contributed by atoms with van der Waals surface area (Å²) in [7, 11) is -3.88. The highest BCUT2D eigenvalue weighted by Gasteiger charge is 2.20. The highest BCUT2D eigenvalue weighted by molar-refractivity contribution is 9.10. The predicted octanol–water partition coefficient (Wildman–Crippen LogP) is 4.33. The molecule has 29 heavy (non-hydrogen) atoms. The standard InChI is InChI=1S/C20H25BrN2O5S/c1-2-27-20(24)6-4-3-5-13-28-18-12-9-16(22)14-19(18)29(25,26)23-17-10-7-15(21)8-11-17/h7-12,14,23H,2-6,13,22H2,1H3. The molecule has 0 radical (unpaired) electrons. The number of anilines is 2. The van der Waals surface area contributed by atoms with Crippen LogP contribution in [0, 0.1) is 0 Å². The van der Waals surface area contributed by atoms with E-state index in [4.69, 9.17) is 15.2 Å². The van der Waals surface area contributed by atoms with E-state index in [9.17, 15) is 13.2 Å². The number of nitrogen functional groups attached to an aromatic ring is 1. The number of carbonyl (C=O) groups is 1. The van der Waals surface area contributed by atoms with Gasteiger partial charge in [-0.2, -0.15) is 0 Å². The lowest BCUT2D eigenvalue weighted by molar-refractivity contribution is -0.143. The van der Waals surface area contributed by atoms with Crippen molar-refractivity contribution >= 4 is 43.3 Å². The van der Waals surface area contributed by atoms with E-state index < -0.39 is 10.0 Å². The first-order chi connectivity index (χ1) is 13.8. The van der Waals surface area contributed by atoms with Gasteiger partial charge in [-0.05, 0) is 68.7 Å². The van der Waals surface area contributed by atoms with Crippen molar-refractivity contribution in [1.82, 2.24) is 0 Å². The van der Waals surface area contributed by atoms with Crippen LogP contribution in [-0.4, -0.2) is 27.6 Å². The van der Waals surface area contributed by atoms with E-state index in [1.807, 2.05) is 0 Å². The topological polar surface area (TPSA) is 108 Å². The smallest absolute Gasteiger partial charge is 0.305 e. The Hall–Kier alpha value is -2.26. The van der Waals surface area contributed by atoms with Gasteiger partial charge < -0.3 is 15.2 Å². The molecule has 0 aliphatic heterocycles. The quantitative estimate of drug-likeness (QED) is 0.279. The molecule has 7 nitrogen and oxygen atoms in total. The van der Waals surface area contributed by atoms with Crippen LogP contribution in [0.15, 0.2) is 51.8 Å². The summed E-state index contributed by atoms with van der Waals surface area (Å²) < 4.78 is 39.6. The number of nitrogens with two attached hydrogens (primary N) is 1. The lowest BCUT2D eigenvalue weighted by atomic mass is 10.2. The fourth-order valence-electron chi connectivity index (χ4n) is 2.55. The SMILES string of the molecule is CCOC(=O)CCCCCOc1ccc(N)cc1S(=O)(=O)Nc1ccc(Br)cc1. The van der Waals surface area contributed by atoms with Crippen molar-refractivity contribution in [2.24, 2.45) is 0 Å². The number of carbonyl (C=O) groups excluding carboxylic acids is 1. The summed E-state index contributed by atoms with van der Waals surface area (Å²) in [5, 5.41) is 0. The van der Waals surface area contributed by atoms with Crippen molar-refractivity contribution in [2.45, 2.75) is 37.5 Å². The lowest BCUT2D eigenvalue weighted by Crippen LogP contribution is -2.15. The summed E-state index contributed by atoms with van der Waals surface area (Å²) in [4.78, 5) is 11.3. The first-order valence-electron chi connectivity index (χ1n) is 9.28. The second kappa shape index (κ2) is 11.1. The Morgan fingerprint density at radius 3 is 2.52 bits per heavy atom. The van der Waals surface area contributed by atoms with Gasteiger partial charge in [-0.1, -0.05) is 15.9 Å². The molecule has 3 N–H and O–H groups in total. The second-order valence-electron chi connectivity index (χ2n) is 6.28. The number of hydrogen-bond acceptors (Lipinski definition) is 6. The Morgan fingerprint density at radius 2 is 1.83 bits per heavy atom. The molecule has 0 aromatic heterocycles. The zero-order chi connectivity index (χ0) is 21.3. The summed E-state index contributed by atoms with van der Waals surface area (Å²) >= 11 is 3.31. The Bertz CT molecular complexity index is 917. The molecule has 2 rings (SSSR count). The predicted molar refractivity (Wildman–Crippen MR) is 116 cm³/mol. The molecule has 0 saturated carbocycles. The maximum atomic E-state index is 12.8. The number of halogens is 1. The summed E-state index contributed by atoms with van der Waals surface area (Å²) in [5.74, 6) is 0.0218. The molecule has 0 aliphatic rings. The molecule has 2 aromatic rings. The molecule has 0 saturated heterocycles. The molecule has 2 aromatic carbocycles. The Balaban J connectivity index is 1.97. The van der Waals surface area contributed by atoms with Gasteiger partial charge in [0, 0.05) is 22.3 Å². The van der Waals surface area contributed by atoms with E-state index in [2.05, 4.69) is 20.7 Å². The largest absolute Gasteiger partial charge is 0.492 e. The van der Waals surface area contributed by atoms with E-state index in [0.29, 0.717) is 43.9 Å². The van der Waals surface area contributed by atoms with Crippen LogP contribution in [0.25, 0.3) is 0 Å². The van der Waals surface area contributed by atoms with Gasteiger partial charge in [0.15, 0.2) is 0 Å². The summed E-state index contributed by atoms with van der Waals surface area (Å²) in [6, 6.07) is 11.3. The first kappa shape index (κ1) is 23.0. The van der Waals surface area contributed by atoms with Crippen molar-refractivity contribution in [3.63, 3.8) is 0 Å². The van der Waals surface area contributed by atoms with E-state index in [1.54, 1.807) is 43.3 Å². The highest BCUT2D eigenvalue weighted by Crippen LogP contribution is 2.28. The minimum Gasteiger partial charge on any atom is -0.492 e. The van der Waals surface area contributed by atoms with Crippen molar-refractivity contribution in [1.29, 1.82) is 0 Å². The number of benzene rings is 2. The fraction of sp³-hybridized carbons (Fsp3) is 0.350. The van der Waals surface area contributed by atoms with Gasteiger partial charge in [0.05, 0.1) is 13.2 Å². The zero-order valence-corrected chi connectivity index (χ0v) is 18.6. The third-order valence-electron chi connectivity index (χ3n) is 3.94. The Kier molecular flexibility index (Phi) is 8.78. The van der Waals surface area contributed by atoms with Crippen molar-refractivity contribution in [3.05, 3.63) is 46.9 Å². The average Bonchev–Trinajstić information content (AvgIpc) is 2.67. The molecule has 158 valence electrons. The van der Waals surface area contributed by atoms with Gasteiger partial charge in [0.1, 0.15) is 10.6 Å². The van der Waals surface area contributed by atoms with Crippen LogP contribution in [0.3, 0.4) is 0 Å². The van der Waals surface area contributed by atoms with Crippen molar-refractivity contribution < 1.29 is 22.7 Å². The molecule has 0 aliphatic carbocycles. The zero-order valence-electron chi connectivity index (χ0n) is 16.2. The number of unbranched alkanes of at least 4 members (excludes halogenated alkanes) is 2. The molecule has 0 bridgehead atoms. The normalized spacial score (nSPS) is 11.1. The Morgan fingerprint density at radius 1 is 1.10 bits per heavy atom. The lowest BCUT2D eigenvalue weighted by Gasteiger charge is -2.14. The molecular formula is C20H25BrN2O5S. The van der Waals surface area contributed by atoms with E-state index >= 15 is 0 Å². The average molecular weight is 485 g/mol. The third-order valence-corrected chi connectivity index (χ3v) is 5.87. The number of ether oxygens (including phenoxy) is 2. The summed E-state index contributed by atoms with van der Waals surface area (Å²) in [6.07, 6.45) is 2.52. The number of hydrogen-bond donors (Lipinski definition) is 2. The molecule has 9 heteroatoms. The maximum absolute atomic E-state index is 12.8. The number of rotatable bonds is 11. The van der Waals surface area contributed by atoms with Crippen LogP contribution >= 0.6 is 15.9 Å². The molecule has 0 atom stereocenters. The van der Waals surface area contributed by atoms with E-state index in [1.165, 1.54) is 6.07 Å². The third kappa shape index (κ3) is 7.58. The van der Waals surface area contributed by atoms with Gasteiger partial charge >= 0.3 is 5.97 Å². The van der Waals surface area contributed by atoms with Crippen molar-refractivity contribution in [2.75, 3.05) is 23.7 Å².